The molecule has 1 aliphatic carbocycles. The van der Waals surface area contributed by atoms with Crippen LogP contribution in [-0.4, -0.2) is 24.4 Å². The highest BCUT2D eigenvalue weighted by molar-refractivity contribution is 5.28. The van der Waals surface area contributed by atoms with Gasteiger partial charge >= 0.3 is 0 Å². The lowest BCUT2D eigenvalue weighted by Crippen LogP contribution is -2.16. The molecule has 1 saturated carbocycles. The third-order valence-electron chi connectivity index (χ3n) is 3.34. The number of benzene rings is 1. The summed E-state index contributed by atoms with van der Waals surface area (Å²) in [6, 6.07) is 8.31. The molecule has 0 saturated heterocycles. The van der Waals surface area contributed by atoms with Crippen LogP contribution in [0.2, 0.25) is 0 Å². The average Bonchev–Trinajstić information content (AvgIpc) is 2.88. The first kappa shape index (κ1) is 13.4. The van der Waals surface area contributed by atoms with Gasteiger partial charge in [-0.1, -0.05) is 12.1 Å². The van der Waals surface area contributed by atoms with Crippen molar-refractivity contribution in [1.82, 2.24) is 5.32 Å². The SMILES string of the molecule is OCCCNCc1cccc(OC2CCCC2)c1. The number of hydrogen-bond donors (Lipinski definition) is 2. The van der Waals surface area contributed by atoms with Gasteiger partial charge in [0, 0.05) is 13.2 Å². The summed E-state index contributed by atoms with van der Waals surface area (Å²) in [4.78, 5) is 0. The number of aliphatic hydroxyl groups is 1. The average molecular weight is 249 g/mol. The predicted octanol–water partition coefficient (Wildman–Crippen LogP) is 2.48. The zero-order chi connectivity index (χ0) is 12.6. The lowest BCUT2D eigenvalue weighted by molar-refractivity contribution is 0.210. The molecule has 0 atom stereocenters. The molecular weight excluding hydrogens is 226 g/mol. The van der Waals surface area contributed by atoms with Crippen LogP contribution in [0.3, 0.4) is 0 Å². The molecule has 100 valence electrons. The topological polar surface area (TPSA) is 41.5 Å². The van der Waals surface area contributed by atoms with Gasteiger partial charge in [0.15, 0.2) is 0 Å². The summed E-state index contributed by atoms with van der Waals surface area (Å²) in [6.07, 6.45) is 6.21. The Kier molecular flexibility index (Phi) is 5.49. The Bertz CT molecular complexity index is 348. The zero-order valence-corrected chi connectivity index (χ0v) is 10.9. The van der Waals surface area contributed by atoms with E-state index in [0.29, 0.717) is 6.10 Å². The Balaban J connectivity index is 1.80. The van der Waals surface area contributed by atoms with Gasteiger partial charge in [0.2, 0.25) is 0 Å². The van der Waals surface area contributed by atoms with Gasteiger partial charge in [-0.3, -0.25) is 0 Å². The maximum absolute atomic E-state index is 8.71. The summed E-state index contributed by atoms with van der Waals surface area (Å²) in [5.74, 6) is 0.989. The molecule has 1 aromatic rings. The fourth-order valence-electron chi connectivity index (χ4n) is 2.36. The van der Waals surface area contributed by atoms with Crippen LogP contribution in [-0.2, 0) is 6.54 Å². The van der Waals surface area contributed by atoms with Gasteiger partial charge in [0.25, 0.3) is 0 Å². The molecule has 0 radical (unpaired) electrons. The third kappa shape index (κ3) is 4.31. The molecule has 0 amide bonds. The van der Waals surface area contributed by atoms with E-state index in [2.05, 4.69) is 17.4 Å². The maximum atomic E-state index is 8.71. The fraction of sp³-hybridized carbons (Fsp3) is 0.600. The molecule has 2 rings (SSSR count). The minimum absolute atomic E-state index is 0.248. The second-order valence-electron chi connectivity index (χ2n) is 4.93. The molecule has 18 heavy (non-hydrogen) atoms. The minimum Gasteiger partial charge on any atom is -0.490 e. The first-order valence-corrected chi connectivity index (χ1v) is 6.95. The van der Waals surface area contributed by atoms with Gasteiger partial charge in [0.1, 0.15) is 5.75 Å². The zero-order valence-electron chi connectivity index (χ0n) is 10.9. The summed E-state index contributed by atoms with van der Waals surface area (Å²) >= 11 is 0. The third-order valence-corrected chi connectivity index (χ3v) is 3.34. The molecule has 3 heteroatoms. The largest absolute Gasteiger partial charge is 0.490 e. The Labute approximate surface area is 109 Å². The van der Waals surface area contributed by atoms with Gasteiger partial charge in [0.05, 0.1) is 6.10 Å². The van der Waals surface area contributed by atoms with Crippen LogP contribution in [0.15, 0.2) is 24.3 Å². The Morgan fingerprint density at radius 1 is 1.28 bits per heavy atom. The van der Waals surface area contributed by atoms with Crippen molar-refractivity contribution >= 4 is 0 Å². The van der Waals surface area contributed by atoms with E-state index in [-0.39, 0.29) is 6.61 Å². The van der Waals surface area contributed by atoms with Gasteiger partial charge in [-0.25, -0.2) is 0 Å². The molecule has 0 aliphatic heterocycles. The number of ether oxygens (including phenoxy) is 1. The molecule has 0 heterocycles. The summed E-state index contributed by atoms with van der Waals surface area (Å²) in [5, 5.41) is 12.0. The molecule has 1 aliphatic rings. The lowest BCUT2D eigenvalue weighted by Gasteiger charge is -2.14. The van der Waals surface area contributed by atoms with Gasteiger partial charge in [-0.05, 0) is 56.3 Å². The van der Waals surface area contributed by atoms with E-state index in [9.17, 15) is 0 Å². The first-order valence-electron chi connectivity index (χ1n) is 6.95. The summed E-state index contributed by atoms with van der Waals surface area (Å²) in [5.41, 5.74) is 1.24. The highest BCUT2D eigenvalue weighted by atomic mass is 16.5. The van der Waals surface area contributed by atoms with Crippen LogP contribution in [0.4, 0.5) is 0 Å². The van der Waals surface area contributed by atoms with Crippen molar-refractivity contribution in [2.45, 2.75) is 44.8 Å². The maximum Gasteiger partial charge on any atom is 0.120 e. The van der Waals surface area contributed by atoms with E-state index in [4.69, 9.17) is 9.84 Å². The van der Waals surface area contributed by atoms with Crippen LogP contribution in [0.5, 0.6) is 5.75 Å². The molecule has 2 N–H and O–H groups in total. The molecular formula is C15H23NO2. The fourth-order valence-corrected chi connectivity index (χ4v) is 2.36. The van der Waals surface area contributed by atoms with Crippen LogP contribution in [0, 0.1) is 0 Å². The van der Waals surface area contributed by atoms with E-state index >= 15 is 0 Å². The Hall–Kier alpha value is -1.06. The van der Waals surface area contributed by atoms with Gasteiger partial charge in [-0.2, -0.15) is 0 Å². The lowest BCUT2D eigenvalue weighted by atomic mass is 10.2. The van der Waals surface area contributed by atoms with Crippen LogP contribution in [0.25, 0.3) is 0 Å². The van der Waals surface area contributed by atoms with Crippen LogP contribution < -0.4 is 10.1 Å². The molecule has 0 spiro atoms. The van der Waals surface area contributed by atoms with Crippen molar-refractivity contribution in [3.05, 3.63) is 29.8 Å². The smallest absolute Gasteiger partial charge is 0.120 e. The molecule has 0 bridgehead atoms. The quantitative estimate of drug-likeness (QED) is 0.729. The second-order valence-corrected chi connectivity index (χ2v) is 4.93. The molecule has 0 unspecified atom stereocenters. The second kappa shape index (κ2) is 7.39. The number of aliphatic hydroxyl groups excluding tert-OH is 1. The Morgan fingerprint density at radius 2 is 2.11 bits per heavy atom. The van der Waals surface area contributed by atoms with Crippen LogP contribution in [0.1, 0.15) is 37.7 Å². The number of rotatable bonds is 7. The summed E-state index contributed by atoms with van der Waals surface area (Å²) in [6.45, 7) is 1.93. The van der Waals surface area contributed by atoms with E-state index in [0.717, 1.165) is 25.3 Å². The number of hydrogen-bond acceptors (Lipinski definition) is 3. The van der Waals surface area contributed by atoms with Crippen molar-refractivity contribution in [3.63, 3.8) is 0 Å². The monoisotopic (exact) mass is 249 g/mol. The van der Waals surface area contributed by atoms with Crippen molar-refractivity contribution in [3.8, 4) is 5.75 Å². The number of nitrogens with one attached hydrogen (secondary N) is 1. The van der Waals surface area contributed by atoms with Crippen molar-refractivity contribution in [2.24, 2.45) is 0 Å². The van der Waals surface area contributed by atoms with E-state index in [1.54, 1.807) is 0 Å². The molecule has 1 fully saturated rings. The summed E-state index contributed by atoms with van der Waals surface area (Å²) < 4.78 is 5.98. The molecule has 1 aromatic carbocycles. The van der Waals surface area contributed by atoms with E-state index in [1.807, 2.05) is 12.1 Å². The molecule has 0 aromatic heterocycles. The van der Waals surface area contributed by atoms with Crippen LogP contribution >= 0.6 is 0 Å². The standard InChI is InChI=1S/C15H23NO2/c17-10-4-9-16-12-13-5-3-8-15(11-13)18-14-6-1-2-7-14/h3,5,8,11,14,16-17H,1-2,4,6-7,9-10,12H2. The van der Waals surface area contributed by atoms with Crippen molar-refractivity contribution in [2.75, 3.05) is 13.2 Å². The minimum atomic E-state index is 0.248. The van der Waals surface area contributed by atoms with Crippen molar-refractivity contribution < 1.29 is 9.84 Å². The van der Waals surface area contributed by atoms with Crippen molar-refractivity contribution in [1.29, 1.82) is 0 Å². The summed E-state index contributed by atoms with van der Waals surface area (Å²) in [7, 11) is 0. The van der Waals surface area contributed by atoms with Gasteiger partial charge in [-0.15, -0.1) is 0 Å². The first-order chi connectivity index (χ1) is 8.88. The van der Waals surface area contributed by atoms with E-state index in [1.165, 1.54) is 31.2 Å². The Morgan fingerprint density at radius 3 is 2.89 bits per heavy atom. The highest BCUT2D eigenvalue weighted by Crippen LogP contribution is 2.24. The normalized spacial score (nSPS) is 16.1. The predicted molar refractivity (Wildman–Crippen MR) is 72.7 cm³/mol. The highest BCUT2D eigenvalue weighted by Gasteiger charge is 2.16. The molecule has 3 nitrogen and oxygen atoms in total. The van der Waals surface area contributed by atoms with E-state index < -0.39 is 0 Å². The van der Waals surface area contributed by atoms with Gasteiger partial charge < -0.3 is 15.2 Å².